The van der Waals surface area contributed by atoms with Gasteiger partial charge in [0.25, 0.3) is 23.6 Å². The fourth-order valence-corrected chi connectivity index (χ4v) is 9.24. The number of phenolic OH excluding ortho intramolecular Hbond substituents is 1. The van der Waals surface area contributed by atoms with Crippen molar-refractivity contribution in [2.75, 3.05) is 111 Å². The number of rotatable bonds is 30. The van der Waals surface area contributed by atoms with Crippen molar-refractivity contribution < 1.29 is 67.0 Å². The van der Waals surface area contributed by atoms with E-state index in [1.165, 1.54) is 40.1 Å². The monoisotopic (exact) mass is 1060 g/mol. The quantitative estimate of drug-likeness (QED) is 0.0152. The average Bonchev–Trinajstić information content (AvgIpc) is 3.47. The van der Waals surface area contributed by atoms with Gasteiger partial charge in [0, 0.05) is 113 Å². The first-order valence-electron chi connectivity index (χ1n) is 25.1. The summed E-state index contributed by atoms with van der Waals surface area (Å²) in [5, 5.41) is 28.0. The second kappa shape index (κ2) is 26.5. The molecular weight excluding hydrogens is 1000 g/mol. The molecule has 0 radical (unpaired) electrons. The summed E-state index contributed by atoms with van der Waals surface area (Å²) in [4.78, 5) is 81.6. The number of benzene rings is 5. The van der Waals surface area contributed by atoms with Gasteiger partial charge in [-0.15, -0.1) is 0 Å². The van der Waals surface area contributed by atoms with E-state index in [0.717, 1.165) is 6.42 Å². The Morgan fingerprint density at radius 3 is 1.55 bits per heavy atom. The maximum Gasteiger partial charge on any atom is 0.336 e. The number of nitrogens with one attached hydrogen (secondary N) is 2. The first-order chi connectivity index (χ1) is 37.0. The molecule has 0 unspecified atom stereocenters. The van der Waals surface area contributed by atoms with Gasteiger partial charge in [-0.05, 0) is 111 Å². The summed E-state index contributed by atoms with van der Waals surface area (Å²) in [5.74, 6) is -2.95. The fourth-order valence-electron chi connectivity index (χ4n) is 9.02. The van der Waals surface area contributed by atoms with E-state index in [-0.39, 0.29) is 75.1 Å². The zero-order valence-corrected chi connectivity index (χ0v) is 42.5. The molecule has 0 saturated heterocycles. The zero-order chi connectivity index (χ0) is 53.6. The lowest BCUT2D eigenvalue weighted by Gasteiger charge is -2.32. The van der Waals surface area contributed by atoms with E-state index < -0.39 is 29.6 Å². The Morgan fingerprint density at radius 1 is 0.566 bits per heavy atom. The van der Waals surface area contributed by atoms with Crippen LogP contribution in [-0.2, 0) is 28.4 Å². The van der Waals surface area contributed by atoms with Crippen LogP contribution in [0.2, 0.25) is 0 Å². The maximum absolute atomic E-state index is 13.7. The number of carbonyl (C=O) groups is 5. The van der Waals surface area contributed by atoms with E-state index in [4.69, 9.17) is 50.8 Å². The number of ether oxygens (including phenoxy) is 6. The lowest BCUT2D eigenvalue weighted by atomic mass is 9.86. The lowest BCUT2D eigenvalue weighted by Crippen LogP contribution is -2.44. The van der Waals surface area contributed by atoms with E-state index in [1.807, 2.05) is 0 Å². The van der Waals surface area contributed by atoms with Crippen molar-refractivity contribution in [2.24, 2.45) is 5.73 Å². The predicted molar refractivity (Wildman–Crippen MR) is 285 cm³/mol. The third-order valence-corrected chi connectivity index (χ3v) is 12.8. The molecule has 0 bridgehead atoms. The molecule has 76 heavy (non-hydrogen) atoms. The van der Waals surface area contributed by atoms with Crippen molar-refractivity contribution >= 4 is 74.4 Å². The largest absolute Gasteiger partial charge is 0.508 e. The van der Waals surface area contributed by atoms with Crippen LogP contribution < -0.4 is 21.8 Å². The maximum atomic E-state index is 13.7. The van der Waals surface area contributed by atoms with Crippen LogP contribution in [0.1, 0.15) is 77.5 Å². The van der Waals surface area contributed by atoms with Gasteiger partial charge in [0.2, 0.25) is 0 Å². The minimum Gasteiger partial charge on any atom is -0.508 e. The van der Waals surface area contributed by atoms with Crippen LogP contribution in [0.15, 0.2) is 88.1 Å². The number of carboxylic acids is 1. The number of carbonyl (C=O) groups excluding carboxylic acids is 4. The number of hydrogen-bond donors (Lipinski definition) is 5. The predicted octanol–water partition coefficient (Wildman–Crippen LogP) is 5.92. The van der Waals surface area contributed by atoms with E-state index in [9.17, 15) is 39.0 Å². The molecule has 3 aliphatic heterocycles. The molecule has 0 aromatic heterocycles. The first kappa shape index (κ1) is 55.0. The SMILES string of the molecule is NCCCOCCOCCOCCCN1C(=O)c2ccc3c4c(ccc(c24)C1=O)C(=O)N(CCCOCCOCCOCCCNC(=S)Nc1ccc(-c2c4ccc(=O)cc-4oc4cc(O)ccc24)c(C(=O)O)c1)C3=O. The third-order valence-electron chi connectivity index (χ3n) is 12.6. The molecule has 4 aromatic rings. The summed E-state index contributed by atoms with van der Waals surface area (Å²) < 4.78 is 39.4. The molecule has 4 aromatic carbocycles. The molecule has 400 valence electrons. The highest BCUT2D eigenvalue weighted by molar-refractivity contribution is 7.80. The minimum absolute atomic E-state index is 0.0128. The molecule has 6 N–H and O–H groups in total. The van der Waals surface area contributed by atoms with Crippen LogP contribution in [-0.4, -0.2) is 160 Å². The summed E-state index contributed by atoms with van der Waals surface area (Å²) in [5.41, 5.74) is 8.38. The molecule has 4 aliphatic rings. The van der Waals surface area contributed by atoms with Gasteiger partial charge in [-0.25, -0.2) is 4.79 Å². The zero-order valence-electron chi connectivity index (χ0n) is 41.7. The Kier molecular flexibility index (Phi) is 19.2. The number of hydrogen-bond acceptors (Lipinski definition) is 16. The van der Waals surface area contributed by atoms with Crippen molar-refractivity contribution in [3.05, 3.63) is 117 Å². The van der Waals surface area contributed by atoms with Crippen LogP contribution in [0.3, 0.4) is 0 Å². The van der Waals surface area contributed by atoms with Crippen LogP contribution >= 0.6 is 12.2 Å². The van der Waals surface area contributed by atoms with E-state index in [0.29, 0.717) is 144 Å². The normalized spacial score (nSPS) is 13.2. The second-order valence-electron chi connectivity index (χ2n) is 17.7. The topological polar surface area (TPSA) is 268 Å². The number of anilines is 1. The summed E-state index contributed by atoms with van der Waals surface area (Å²) in [7, 11) is 0. The van der Waals surface area contributed by atoms with Crippen molar-refractivity contribution in [1.29, 1.82) is 0 Å². The highest BCUT2D eigenvalue weighted by Crippen LogP contribution is 2.43. The molecule has 0 saturated carbocycles. The van der Waals surface area contributed by atoms with Crippen molar-refractivity contribution in [1.82, 2.24) is 15.1 Å². The Balaban J connectivity index is 0.692. The summed E-state index contributed by atoms with van der Waals surface area (Å²) in [6, 6.07) is 19.9. The van der Waals surface area contributed by atoms with Gasteiger partial charge < -0.3 is 59.4 Å². The highest BCUT2D eigenvalue weighted by Gasteiger charge is 2.39. The van der Waals surface area contributed by atoms with Gasteiger partial charge in [-0.3, -0.25) is 33.8 Å². The molecule has 1 aliphatic carbocycles. The summed E-state index contributed by atoms with van der Waals surface area (Å²) in [6.45, 7) is 5.87. The molecule has 8 rings (SSSR count). The first-order valence-corrected chi connectivity index (χ1v) is 25.5. The van der Waals surface area contributed by atoms with Crippen molar-refractivity contribution in [3.63, 3.8) is 0 Å². The minimum atomic E-state index is -1.18. The van der Waals surface area contributed by atoms with Crippen LogP contribution in [0, 0.1) is 0 Å². The number of imide groups is 2. The van der Waals surface area contributed by atoms with Gasteiger partial charge >= 0.3 is 5.97 Å². The summed E-state index contributed by atoms with van der Waals surface area (Å²) in [6.07, 6.45) is 2.22. The van der Waals surface area contributed by atoms with Gasteiger partial charge in [0.15, 0.2) is 10.5 Å². The van der Waals surface area contributed by atoms with Crippen molar-refractivity contribution in [3.8, 4) is 28.2 Å². The molecular formula is C55H59N5O15S. The molecule has 0 fully saturated rings. The lowest BCUT2D eigenvalue weighted by molar-refractivity contribution is 0.0128. The van der Waals surface area contributed by atoms with Crippen LogP contribution in [0.25, 0.3) is 44.2 Å². The number of aromatic carboxylic acids is 1. The molecule has 20 nitrogen and oxygen atoms in total. The standard InChI is InChI=1S/C55H59N5O15S/c56-15-1-19-69-23-27-73-29-25-71-21-3-17-59-50(63)40-11-13-42-49-43(14-12-41(48(40)49)51(59)64)53(66)60(52(42)65)18-4-22-72-26-30-74-28-24-70-20-2-16-57-55(76)58-34-5-8-37(44(31-34)54(67)68)47-38-9-6-35(61)32-45(38)75-46-33-36(62)7-10-39(46)47/h5-14,31-33,61H,1-4,15-30,56H2,(H,67,68)(H2,57,58,76). The van der Waals surface area contributed by atoms with E-state index >= 15 is 0 Å². The highest BCUT2D eigenvalue weighted by atomic mass is 32.1. The van der Waals surface area contributed by atoms with Gasteiger partial charge in [-0.2, -0.15) is 0 Å². The molecule has 0 atom stereocenters. The molecule has 0 spiro atoms. The Bertz CT molecular complexity index is 3070. The average molecular weight is 1060 g/mol. The van der Waals surface area contributed by atoms with E-state index in [1.54, 1.807) is 48.5 Å². The van der Waals surface area contributed by atoms with Crippen LogP contribution in [0.4, 0.5) is 5.69 Å². The number of fused-ring (bicyclic) bond motifs is 2. The number of nitrogens with zero attached hydrogens (tertiary/aromatic N) is 2. The Labute approximate surface area is 442 Å². The fraction of sp³-hybridized carbons (Fsp3) is 0.364. The number of carboxylic acid groups (broad SMARTS) is 1. The third kappa shape index (κ3) is 13.1. The second-order valence-corrected chi connectivity index (χ2v) is 18.1. The molecule has 3 heterocycles. The van der Waals surface area contributed by atoms with Gasteiger partial charge in [0.1, 0.15) is 17.1 Å². The number of aromatic hydroxyl groups is 1. The van der Waals surface area contributed by atoms with Crippen LogP contribution in [0.5, 0.6) is 5.75 Å². The number of nitrogens with two attached hydrogens (primary N) is 1. The summed E-state index contributed by atoms with van der Waals surface area (Å²) >= 11 is 5.46. The van der Waals surface area contributed by atoms with Crippen molar-refractivity contribution in [2.45, 2.75) is 25.7 Å². The number of amides is 4. The smallest absolute Gasteiger partial charge is 0.336 e. The van der Waals surface area contributed by atoms with Gasteiger partial charge in [-0.1, -0.05) is 6.07 Å². The number of thiocarbonyl (C=S) groups is 1. The Morgan fingerprint density at radius 2 is 1.04 bits per heavy atom. The molecule has 21 heteroatoms. The van der Waals surface area contributed by atoms with Gasteiger partial charge in [0.05, 0.1) is 58.4 Å². The molecule has 4 amide bonds. The van der Waals surface area contributed by atoms with E-state index in [2.05, 4.69) is 10.6 Å². The Hall–Kier alpha value is -7.21. The number of phenols is 1.